The minimum Gasteiger partial charge on any atom is -0.312 e. The van der Waals surface area contributed by atoms with Crippen LogP contribution in [0.25, 0.3) is 0 Å². The van der Waals surface area contributed by atoms with Crippen molar-refractivity contribution in [1.82, 2.24) is 5.32 Å². The molecule has 0 saturated carbocycles. The standard InChI is InChI=1S/C33H30NOPS/c35-36(31-22-12-4-13-23-31,32-24-14-5-15-25-32)26-34-27-37-33(28-16-6-1-7-17-28,29-18-8-2-9-19-29)30-20-10-3-11-21-30/h1-25,34H,26-27H2. The number of hydrogen-bond acceptors (Lipinski definition) is 3. The number of benzene rings is 5. The lowest BCUT2D eigenvalue weighted by Gasteiger charge is -2.35. The predicted molar refractivity (Wildman–Crippen MR) is 159 cm³/mol. The van der Waals surface area contributed by atoms with Crippen molar-refractivity contribution in [1.29, 1.82) is 0 Å². The molecule has 0 bridgehead atoms. The quantitative estimate of drug-likeness (QED) is 0.0913. The van der Waals surface area contributed by atoms with Crippen LogP contribution in [0.1, 0.15) is 16.7 Å². The minimum atomic E-state index is -2.85. The average Bonchev–Trinajstić information content (AvgIpc) is 2.99. The summed E-state index contributed by atoms with van der Waals surface area (Å²) in [6.07, 6.45) is 0.391. The van der Waals surface area contributed by atoms with Crippen molar-refractivity contribution >= 4 is 29.5 Å². The molecule has 37 heavy (non-hydrogen) atoms. The fraction of sp³-hybridized carbons (Fsp3) is 0.0909. The Morgan fingerprint density at radius 3 is 1.19 bits per heavy atom. The van der Waals surface area contributed by atoms with Gasteiger partial charge in [0.15, 0.2) is 7.14 Å². The molecular weight excluding hydrogens is 489 g/mol. The smallest absolute Gasteiger partial charge is 0.156 e. The van der Waals surface area contributed by atoms with E-state index in [1.165, 1.54) is 16.7 Å². The Hall–Kier alpha value is -3.36. The molecule has 2 nitrogen and oxygen atoms in total. The summed E-state index contributed by atoms with van der Waals surface area (Å²) >= 11 is 1.83. The monoisotopic (exact) mass is 519 g/mol. The molecule has 0 radical (unpaired) electrons. The van der Waals surface area contributed by atoms with Crippen LogP contribution in [0.15, 0.2) is 152 Å². The number of thioether (sulfide) groups is 1. The third kappa shape index (κ3) is 5.36. The lowest BCUT2D eigenvalue weighted by Crippen LogP contribution is -2.31. The molecule has 4 heteroatoms. The highest BCUT2D eigenvalue weighted by Crippen LogP contribution is 2.48. The van der Waals surface area contributed by atoms with E-state index >= 15 is 0 Å². The summed E-state index contributed by atoms with van der Waals surface area (Å²) in [5, 5.41) is 5.34. The summed E-state index contributed by atoms with van der Waals surface area (Å²) in [7, 11) is -2.85. The van der Waals surface area contributed by atoms with Crippen LogP contribution >= 0.6 is 18.9 Å². The number of nitrogens with one attached hydrogen (secondary N) is 1. The highest BCUT2D eigenvalue weighted by atomic mass is 32.2. The first-order valence-electron chi connectivity index (χ1n) is 12.4. The second kappa shape index (κ2) is 11.8. The second-order valence-corrected chi connectivity index (χ2v) is 12.9. The second-order valence-electron chi connectivity index (χ2n) is 8.89. The largest absolute Gasteiger partial charge is 0.312 e. The molecular formula is C33H30NOPS. The summed E-state index contributed by atoms with van der Waals surface area (Å²) in [6, 6.07) is 51.7. The van der Waals surface area contributed by atoms with E-state index in [4.69, 9.17) is 0 Å². The summed E-state index contributed by atoms with van der Waals surface area (Å²) in [5.41, 5.74) is 3.65. The zero-order valence-electron chi connectivity index (χ0n) is 20.6. The molecule has 0 spiro atoms. The van der Waals surface area contributed by atoms with Crippen LogP contribution in [-0.2, 0) is 9.31 Å². The van der Waals surface area contributed by atoms with Gasteiger partial charge >= 0.3 is 0 Å². The molecule has 0 aliphatic heterocycles. The van der Waals surface area contributed by atoms with Crippen molar-refractivity contribution in [3.8, 4) is 0 Å². The molecule has 0 aliphatic rings. The zero-order chi connectivity index (χ0) is 25.4. The van der Waals surface area contributed by atoms with Gasteiger partial charge in [-0.05, 0) is 16.7 Å². The predicted octanol–water partition coefficient (Wildman–Crippen LogP) is 7.23. The number of rotatable bonds is 10. The van der Waals surface area contributed by atoms with Gasteiger partial charge in [-0.3, -0.25) is 0 Å². The zero-order valence-corrected chi connectivity index (χ0v) is 22.3. The van der Waals surface area contributed by atoms with E-state index in [-0.39, 0.29) is 0 Å². The van der Waals surface area contributed by atoms with Gasteiger partial charge in [-0.25, -0.2) is 0 Å². The molecule has 5 aromatic rings. The fourth-order valence-electron chi connectivity index (χ4n) is 4.80. The third-order valence-corrected chi connectivity index (χ3v) is 11.0. The van der Waals surface area contributed by atoms with Crippen LogP contribution in [0.4, 0.5) is 0 Å². The minimum absolute atomic E-state index is 0.391. The van der Waals surface area contributed by atoms with Gasteiger partial charge in [0.25, 0.3) is 0 Å². The molecule has 0 saturated heterocycles. The molecule has 5 aromatic carbocycles. The molecule has 0 amide bonds. The van der Waals surface area contributed by atoms with Gasteiger partial charge in [-0.15, -0.1) is 11.8 Å². The first-order valence-corrected chi connectivity index (χ1v) is 15.3. The summed E-state index contributed by atoms with van der Waals surface area (Å²) in [6.45, 7) is 0. The summed E-state index contributed by atoms with van der Waals surface area (Å²) in [5.74, 6) is 0.627. The van der Waals surface area contributed by atoms with Gasteiger partial charge in [0.05, 0.1) is 11.0 Å². The van der Waals surface area contributed by atoms with Crippen LogP contribution in [-0.4, -0.2) is 12.2 Å². The van der Waals surface area contributed by atoms with Gasteiger partial charge in [-0.1, -0.05) is 152 Å². The lowest BCUT2D eigenvalue weighted by molar-refractivity contribution is 0.584. The summed E-state index contributed by atoms with van der Waals surface area (Å²) < 4.78 is 14.1. The van der Waals surface area contributed by atoms with Gasteiger partial charge in [-0.2, -0.15) is 0 Å². The molecule has 0 atom stereocenters. The molecule has 1 N–H and O–H groups in total. The van der Waals surface area contributed by atoms with Gasteiger partial charge in [0.1, 0.15) is 0 Å². The van der Waals surface area contributed by atoms with Gasteiger partial charge in [0, 0.05) is 16.5 Å². The summed E-state index contributed by atoms with van der Waals surface area (Å²) in [4.78, 5) is 0. The normalized spacial score (nSPS) is 11.8. The van der Waals surface area contributed by atoms with E-state index in [0.29, 0.717) is 12.2 Å². The molecule has 0 fully saturated rings. The van der Waals surface area contributed by atoms with Crippen molar-refractivity contribution in [2.24, 2.45) is 0 Å². The molecule has 0 aliphatic carbocycles. The van der Waals surface area contributed by atoms with E-state index in [1.54, 1.807) is 0 Å². The SMILES string of the molecule is O=P(CNCSC(c1ccccc1)(c1ccccc1)c1ccccc1)(c1ccccc1)c1ccccc1. The lowest BCUT2D eigenvalue weighted by atomic mass is 9.84. The van der Waals surface area contributed by atoms with Crippen LogP contribution in [0.2, 0.25) is 0 Å². The topological polar surface area (TPSA) is 29.1 Å². The molecule has 0 heterocycles. The van der Waals surface area contributed by atoms with E-state index in [1.807, 2.05) is 72.4 Å². The third-order valence-electron chi connectivity index (χ3n) is 6.61. The van der Waals surface area contributed by atoms with Crippen molar-refractivity contribution < 1.29 is 4.57 Å². The Labute approximate surface area is 224 Å². The van der Waals surface area contributed by atoms with Crippen molar-refractivity contribution in [3.63, 3.8) is 0 Å². The van der Waals surface area contributed by atoms with Crippen molar-refractivity contribution in [2.45, 2.75) is 4.75 Å². The highest BCUT2D eigenvalue weighted by molar-refractivity contribution is 8.00. The van der Waals surface area contributed by atoms with E-state index in [9.17, 15) is 4.57 Å². The van der Waals surface area contributed by atoms with Crippen molar-refractivity contribution in [2.75, 3.05) is 12.2 Å². The first-order chi connectivity index (χ1) is 18.2. The Balaban J connectivity index is 1.48. The van der Waals surface area contributed by atoms with Crippen LogP contribution in [0.3, 0.4) is 0 Å². The maximum atomic E-state index is 14.5. The van der Waals surface area contributed by atoms with Crippen LogP contribution in [0, 0.1) is 0 Å². The maximum absolute atomic E-state index is 14.5. The Morgan fingerprint density at radius 1 is 0.514 bits per heavy atom. The molecule has 184 valence electrons. The average molecular weight is 520 g/mol. The van der Waals surface area contributed by atoms with Gasteiger partial charge in [0.2, 0.25) is 0 Å². The van der Waals surface area contributed by atoms with E-state index < -0.39 is 11.9 Å². The molecule has 0 unspecified atom stereocenters. The Kier molecular flexibility index (Phi) is 8.06. The number of hydrogen-bond donors (Lipinski definition) is 1. The fourth-order valence-corrected chi connectivity index (χ4v) is 8.68. The molecule has 0 aromatic heterocycles. The van der Waals surface area contributed by atoms with Crippen molar-refractivity contribution in [3.05, 3.63) is 168 Å². The van der Waals surface area contributed by atoms with Gasteiger partial charge < -0.3 is 9.88 Å². The first kappa shape index (κ1) is 25.3. The Morgan fingerprint density at radius 2 is 0.838 bits per heavy atom. The van der Waals surface area contributed by atoms with Crippen LogP contribution < -0.4 is 15.9 Å². The highest BCUT2D eigenvalue weighted by Gasteiger charge is 2.37. The van der Waals surface area contributed by atoms with E-state index in [2.05, 4.69) is 96.3 Å². The Bertz CT molecular complexity index is 1290. The van der Waals surface area contributed by atoms with E-state index in [0.717, 1.165) is 10.6 Å². The maximum Gasteiger partial charge on any atom is 0.156 e. The van der Waals surface area contributed by atoms with Crippen LogP contribution in [0.5, 0.6) is 0 Å². The molecule has 5 rings (SSSR count).